The number of benzene rings is 1. The molecule has 0 spiro atoms. The second-order valence-electron chi connectivity index (χ2n) is 4.70. The van der Waals surface area contributed by atoms with Crippen molar-refractivity contribution in [3.05, 3.63) is 54.4 Å². The lowest BCUT2D eigenvalue weighted by molar-refractivity contribution is 0.614. The van der Waals surface area contributed by atoms with Crippen LogP contribution in [0.2, 0.25) is 0 Å². The van der Waals surface area contributed by atoms with Gasteiger partial charge in [0.1, 0.15) is 0 Å². The number of nitrogens with zero attached hydrogens (tertiary/aromatic N) is 1. The SMILES string of the molecule is Cc1ccc(N2C=CC(C)(C)C=C2)cc1. The van der Waals surface area contributed by atoms with Crippen LogP contribution in [0.3, 0.4) is 0 Å². The van der Waals surface area contributed by atoms with E-state index in [9.17, 15) is 0 Å². The van der Waals surface area contributed by atoms with Gasteiger partial charge in [0.05, 0.1) is 0 Å². The van der Waals surface area contributed by atoms with Crippen LogP contribution in [0, 0.1) is 12.3 Å². The number of rotatable bonds is 1. The van der Waals surface area contributed by atoms with E-state index in [2.05, 4.69) is 74.5 Å². The van der Waals surface area contributed by atoms with Crippen molar-refractivity contribution in [1.82, 2.24) is 0 Å². The second kappa shape index (κ2) is 3.58. The molecule has 0 saturated carbocycles. The van der Waals surface area contributed by atoms with Gasteiger partial charge in [0.25, 0.3) is 0 Å². The Kier molecular flexibility index (Phi) is 2.39. The third kappa shape index (κ3) is 2.30. The molecule has 0 N–H and O–H groups in total. The van der Waals surface area contributed by atoms with Crippen LogP contribution in [0.1, 0.15) is 19.4 Å². The Hall–Kier alpha value is -1.50. The van der Waals surface area contributed by atoms with Crippen molar-refractivity contribution < 1.29 is 0 Å². The quantitative estimate of drug-likeness (QED) is 0.663. The van der Waals surface area contributed by atoms with Gasteiger partial charge in [-0.2, -0.15) is 0 Å². The Morgan fingerprint density at radius 3 is 2.00 bits per heavy atom. The van der Waals surface area contributed by atoms with Crippen LogP contribution in [0.4, 0.5) is 5.69 Å². The lowest BCUT2D eigenvalue weighted by Gasteiger charge is -2.25. The maximum absolute atomic E-state index is 2.22. The van der Waals surface area contributed by atoms with Crippen LogP contribution in [0.5, 0.6) is 0 Å². The molecule has 1 aliphatic rings. The summed E-state index contributed by atoms with van der Waals surface area (Å²) in [6, 6.07) is 8.55. The molecule has 0 amide bonds. The average Bonchev–Trinajstić information content (AvgIpc) is 2.20. The molecule has 0 saturated heterocycles. The van der Waals surface area contributed by atoms with Gasteiger partial charge in [0.2, 0.25) is 0 Å². The number of allylic oxidation sites excluding steroid dienone is 2. The summed E-state index contributed by atoms with van der Waals surface area (Å²) >= 11 is 0. The Bertz CT molecular complexity index is 380. The molecule has 1 aromatic carbocycles. The van der Waals surface area contributed by atoms with E-state index in [1.807, 2.05) is 0 Å². The third-order valence-corrected chi connectivity index (χ3v) is 2.66. The van der Waals surface area contributed by atoms with Gasteiger partial charge in [-0.3, -0.25) is 0 Å². The number of hydrogen-bond acceptors (Lipinski definition) is 1. The van der Waals surface area contributed by atoms with Crippen molar-refractivity contribution in [2.45, 2.75) is 20.8 Å². The van der Waals surface area contributed by atoms with Gasteiger partial charge < -0.3 is 4.90 Å². The Morgan fingerprint density at radius 1 is 0.933 bits per heavy atom. The number of anilines is 1. The fourth-order valence-electron chi connectivity index (χ4n) is 1.54. The molecular formula is C14H17N. The van der Waals surface area contributed by atoms with Crippen LogP contribution in [-0.4, -0.2) is 0 Å². The highest BCUT2D eigenvalue weighted by atomic mass is 15.1. The molecule has 0 aromatic heterocycles. The molecule has 1 heterocycles. The summed E-state index contributed by atoms with van der Waals surface area (Å²) in [5.74, 6) is 0. The molecule has 1 heteroatoms. The Labute approximate surface area is 91.7 Å². The predicted octanol–water partition coefficient (Wildman–Crippen LogP) is 3.87. The summed E-state index contributed by atoms with van der Waals surface area (Å²) in [6.07, 6.45) is 8.69. The van der Waals surface area contributed by atoms with Crippen LogP contribution in [0.25, 0.3) is 0 Å². The molecule has 0 aliphatic carbocycles. The first-order valence-electron chi connectivity index (χ1n) is 5.31. The first kappa shape index (κ1) is 10.0. The summed E-state index contributed by atoms with van der Waals surface area (Å²) in [4.78, 5) is 2.14. The molecule has 0 atom stereocenters. The van der Waals surface area contributed by atoms with Crippen LogP contribution in [-0.2, 0) is 0 Å². The van der Waals surface area contributed by atoms with Crippen LogP contribution < -0.4 is 4.90 Å². The summed E-state index contributed by atoms with van der Waals surface area (Å²) in [5, 5.41) is 0. The second-order valence-corrected chi connectivity index (χ2v) is 4.70. The lowest BCUT2D eigenvalue weighted by Crippen LogP contribution is -2.16. The standard InChI is InChI=1S/C14H17N/c1-12-4-6-13(7-5-12)15-10-8-14(2,3)9-11-15/h4-11H,1-3H3. The highest BCUT2D eigenvalue weighted by molar-refractivity contribution is 5.54. The normalized spacial score (nSPS) is 18.2. The van der Waals surface area contributed by atoms with E-state index in [-0.39, 0.29) is 5.41 Å². The first-order valence-corrected chi connectivity index (χ1v) is 5.31. The van der Waals surface area contributed by atoms with E-state index in [1.165, 1.54) is 11.3 Å². The van der Waals surface area contributed by atoms with Gasteiger partial charge in [-0.1, -0.05) is 43.7 Å². The molecule has 0 bridgehead atoms. The van der Waals surface area contributed by atoms with Gasteiger partial charge in [-0.05, 0) is 19.1 Å². The number of aryl methyl sites for hydroxylation is 1. The molecular weight excluding hydrogens is 182 g/mol. The minimum Gasteiger partial charge on any atom is -0.324 e. The van der Waals surface area contributed by atoms with Crippen LogP contribution >= 0.6 is 0 Å². The highest BCUT2D eigenvalue weighted by Crippen LogP contribution is 2.26. The largest absolute Gasteiger partial charge is 0.324 e. The zero-order valence-corrected chi connectivity index (χ0v) is 9.57. The van der Waals surface area contributed by atoms with E-state index in [4.69, 9.17) is 0 Å². The molecule has 0 radical (unpaired) electrons. The van der Waals surface area contributed by atoms with Crippen molar-refractivity contribution in [3.8, 4) is 0 Å². The minimum atomic E-state index is 0.182. The summed E-state index contributed by atoms with van der Waals surface area (Å²) in [7, 11) is 0. The van der Waals surface area contributed by atoms with Crippen molar-refractivity contribution in [2.24, 2.45) is 5.41 Å². The molecule has 15 heavy (non-hydrogen) atoms. The fourth-order valence-corrected chi connectivity index (χ4v) is 1.54. The van der Waals surface area contributed by atoms with E-state index in [0.717, 1.165) is 0 Å². The maximum atomic E-state index is 2.22. The third-order valence-electron chi connectivity index (χ3n) is 2.66. The predicted molar refractivity (Wildman–Crippen MR) is 65.7 cm³/mol. The van der Waals surface area contributed by atoms with E-state index in [0.29, 0.717) is 0 Å². The van der Waals surface area contributed by atoms with Crippen molar-refractivity contribution >= 4 is 5.69 Å². The maximum Gasteiger partial charge on any atom is 0.0449 e. The molecule has 78 valence electrons. The number of hydrogen-bond donors (Lipinski definition) is 0. The van der Waals surface area contributed by atoms with Gasteiger partial charge in [0, 0.05) is 23.5 Å². The van der Waals surface area contributed by atoms with Crippen molar-refractivity contribution in [2.75, 3.05) is 4.90 Å². The van der Waals surface area contributed by atoms with Gasteiger partial charge >= 0.3 is 0 Å². The summed E-state index contributed by atoms with van der Waals surface area (Å²) < 4.78 is 0. The smallest absolute Gasteiger partial charge is 0.0449 e. The molecule has 0 fully saturated rings. The zero-order chi connectivity index (χ0) is 10.9. The van der Waals surface area contributed by atoms with E-state index < -0.39 is 0 Å². The van der Waals surface area contributed by atoms with Gasteiger partial charge in [-0.15, -0.1) is 0 Å². The van der Waals surface area contributed by atoms with Crippen LogP contribution in [0.15, 0.2) is 48.8 Å². The highest BCUT2D eigenvalue weighted by Gasteiger charge is 2.14. The lowest BCUT2D eigenvalue weighted by atomic mass is 9.92. The molecule has 1 aliphatic heterocycles. The fraction of sp³-hybridized carbons (Fsp3) is 0.286. The van der Waals surface area contributed by atoms with Crippen molar-refractivity contribution in [1.29, 1.82) is 0 Å². The summed E-state index contributed by atoms with van der Waals surface area (Å²) in [5.41, 5.74) is 2.69. The Morgan fingerprint density at radius 2 is 1.47 bits per heavy atom. The Balaban J connectivity index is 2.21. The van der Waals surface area contributed by atoms with E-state index in [1.54, 1.807) is 0 Å². The molecule has 2 rings (SSSR count). The summed E-state index contributed by atoms with van der Waals surface area (Å²) in [6.45, 7) is 6.51. The molecule has 0 unspecified atom stereocenters. The molecule has 1 nitrogen and oxygen atoms in total. The topological polar surface area (TPSA) is 3.24 Å². The average molecular weight is 199 g/mol. The zero-order valence-electron chi connectivity index (χ0n) is 9.57. The van der Waals surface area contributed by atoms with Crippen molar-refractivity contribution in [3.63, 3.8) is 0 Å². The molecule has 1 aromatic rings. The van der Waals surface area contributed by atoms with Gasteiger partial charge in [0.15, 0.2) is 0 Å². The van der Waals surface area contributed by atoms with E-state index >= 15 is 0 Å². The monoisotopic (exact) mass is 199 g/mol. The minimum absolute atomic E-state index is 0.182. The van der Waals surface area contributed by atoms with Gasteiger partial charge in [-0.25, -0.2) is 0 Å². The first-order chi connectivity index (χ1) is 7.07.